The molecule has 0 bridgehead atoms. The predicted octanol–water partition coefficient (Wildman–Crippen LogP) is 5.64. The summed E-state index contributed by atoms with van der Waals surface area (Å²) in [6.07, 6.45) is 14.2. The van der Waals surface area contributed by atoms with Crippen molar-refractivity contribution in [1.82, 2.24) is 24.5 Å². The molecule has 0 unspecified atom stereocenters. The van der Waals surface area contributed by atoms with Crippen molar-refractivity contribution in [3.8, 4) is 11.5 Å². The van der Waals surface area contributed by atoms with Crippen LogP contribution < -0.4 is 5.32 Å². The smallest absolute Gasteiger partial charge is 0.374 e. The van der Waals surface area contributed by atoms with Gasteiger partial charge >= 0.3 is 5.97 Å². The first kappa shape index (κ1) is 22.4. The number of aromatic nitrogens is 5. The Bertz CT molecular complexity index is 1240. The molecule has 184 valence electrons. The highest BCUT2D eigenvalue weighted by Crippen LogP contribution is 2.41. The molecule has 3 saturated carbocycles. The minimum absolute atomic E-state index is 0.210. The van der Waals surface area contributed by atoms with E-state index in [9.17, 15) is 9.90 Å². The van der Waals surface area contributed by atoms with Crippen LogP contribution in [0.25, 0.3) is 22.7 Å². The molecule has 3 aromatic heterocycles. The lowest BCUT2D eigenvalue weighted by atomic mass is 9.80. The van der Waals surface area contributed by atoms with Crippen molar-refractivity contribution in [3.63, 3.8) is 0 Å². The van der Waals surface area contributed by atoms with Crippen LogP contribution in [0.3, 0.4) is 0 Å². The van der Waals surface area contributed by atoms with Crippen molar-refractivity contribution in [3.05, 3.63) is 29.7 Å². The van der Waals surface area contributed by atoms with Crippen LogP contribution in [0.4, 0.5) is 5.82 Å². The minimum atomic E-state index is -1.14. The molecule has 3 heterocycles. The maximum absolute atomic E-state index is 11.9. The van der Waals surface area contributed by atoms with E-state index in [0.29, 0.717) is 29.2 Å². The van der Waals surface area contributed by atoms with E-state index in [4.69, 9.17) is 9.97 Å². The predicted molar refractivity (Wildman–Crippen MR) is 134 cm³/mol. The quantitative estimate of drug-likeness (QED) is 0.435. The highest BCUT2D eigenvalue weighted by Gasteiger charge is 2.29. The Morgan fingerprint density at radius 2 is 1.89 bits per heavy atom. The fourth-order valence-corrected chi connectivity index (χ4v) is 5.75. The van der Waals surface area contributed by atoms with E-state index < -0.39 is 5.97 Å². The van der Waals surface area contributed by atoms with E-state index in [1.807, 2.05) is 6.20 Å². The SMILES string of the molecule is C[C@@H](Nc1nc(C(=O)O)nc2nc(-c3cc(C4CC4)ccn3)n(CC3CCCCC3)c12)C1CCC1. The van der Waals surface area contributed by atoms with Crippen LogP contribution >= 0.6 is 0 Å². The van der Waals surface area contributed by atoms with Crippen molar-refractivity contribution in [2.45, 2.75) is 89.6 Å². The van der Waals surface area contributed by atoms with E-state index in [1.165, 1.54) is 69.8 Å². The Balaban J connectivity index is 1.49. The van der Waals surface area contributed by atoms with Gasteiger partial charge in [0.2, 0.25) is 5.82 Å². The first-order valence-corrected chi connectivity index (χ1v) is 13.3. The third-order valence-electron chi connectivity index (χ3n) is 8.24. The average molecular weight is 475 g/mol. The number of nitrogens with one attached hydrogen (secondary N) is 1. The molecule has 8 nitrogen and oxygen atoms in total. The number of fused-ring (bicyclic) bond motifs is 1. The van der Waals surface area contributed by atoms with Crippen LogP contribution in [0, 0.1) is 11.8 Å². The van der Waals surface area contributed by atoms with E-state index in [2.05, 4.69) is 38.9 Å². The van der Waals surface area contributed by atoms with Crippen LogP contribution in [0.15, 0.2) is 18.3 Å². The molecule has 0 aliphatic heterocycles. The number of nitrogens with zero attached hydrogens (tertiary/aromatic N) is 5. The number of imidazole rings is 1. The Kier molecular flexibility index (Phi) is 5.90. The fraction of sp³-hybridized carbons (Fsp3) is 0.593. The van der Waals surface area contributed by atoms with E-state index in [-0.39, 0.29) is 11.9 Å². The summed E-state index contributed by atoms with van der Waals surface area (Å²) in [6.45, 7) is 2.99. The fourth-order valence-electron chi connectivity index (χ4n) is 5.75. The van der Waals surface area contributed by atoms with Gasteiger partial charge in [0.05, 0.1) is 0 Å². The highest BCUT2D eigenvalue weighted by atomic mass is 16.4. The van der Waals surface area contributed by atoms with Gasteiger partial charge in [-0.15, -0.1) is 0 Å². The molecule has 1 atom stereocenters. The van der Waals surface area contributed by atoms with Gasteiger partial charge in [0.1, 0.15) is 11.2 Å². The Labute approximate surface area is 205 Å². The number of hydrogen-bond donors (Lipinski definition) is 2. The van der Waals surface area contributed by atoms with Crippen molar-refractivity contribution in [1.29, 1.82) is 0 Å². The van der Waals surface area contributed by atoms with E-state index in [0.717, 1.165) is 23.6 Å². The van der Waals surface area contributed by atoms with Crippen LogP contribution in [-0.2, 0) is 6.54 Å². The largest absolute Gasteiger partial charge is 0.475 e. The zero-order chi connectivity index (χ0) is 23.9. The lowest BCUT2D eigenvalue weighted by Gasteiger charge is -2.32. The number of pyridine rings is 1. The molecule has 3 aliphatic carbocycles. The zero-order valence-electron chi connectivity index (χ0n) is 20.4. The van der Waals surface area contributed by atoms with Crippen LogP contribution in [0.5, 0.6) is 0 Å². The Morgan fingerprint density at radius 1 is 1.09 bits per heavy atom. The van der Waals surface area contributed by atoms with Gasteiger partial charge in [0, 0.05) is 18.8 Å². The summed E-state index contributed by atoms with van der Waals surface area (Å²) in [7, 11) is 0. The average Bonchev–Trinajstić information content (AvgIpc) is 3.61. The molecule has 0 amide bonds. The zero-order valence-corrected chi connectivity index (χ0v) is 20.4. The van der Waals surface area contributed by atoms with Crippen molar-refractivity contribution in [2.75, 3.05) is 5.32 Å². The van der Waals surface area contributed by atoms with Gasteiger partial charge in [-0.05, 0) is 80.9 Å². The normalized spacial score (nSPS) is 20.0. The first-order valence-electron chi connectivity index (χ1n) is 13.3. The molecule has 0 spiro atoms. The van der Waals surface area contributed by atoms with E-state index in [1.54, 1.807) is 0 Å². The molecule has 2 N–H and O–H groups in total. The number of hydrogen-bond acceptors (Lipinski definition) is 6. The Morgan fingerprint density at radius 3 is 2.57 bits per heavy atom. The van der Waals surface area contributed by atoms with E-state index >= 15 is 0 Å². The molecular formula is C27H34N6O2. The van der Waals surface area contributed by atoms with Crippen molar-refractivity contribution in [2.24, 2.45) is 11.8 Å². The Hall–Kier alpha value is -3.03. The standard InChI is InChI=1S/C27H34N6O2/c1-16(18-8-5-9-18)29-23-22-24(31-25(30-23)27(34)35)32-26(33(22)15-17-6-3-2-4-7-17)21-14-20(12-13-28-21)19-10-11-19/h12-14,16-19H,2-11,15H2,1H3,(H,34,35)(H,29,30,31)/t16-/m1/s1. The second-order valence-electron chi connectivity index (χ2n) is 10.8. The van der Waals surface area contributed by atoms with Crippen LogP contribution in [0.1, 0.15) is 93.2 Å². The molecule has 0 aromatic carbocycles. The molecule has 3 aromatic rings. The molecule has 8 heteroatoms. The second-order valence-corrected chi connectivity index (χ2v) is 10.8. The third kappa shape index (κ3) is 4.50. The minimum Gasteiger partial charge on any atom is -0.475 e. The number of carboxylic acid groups (broad SMARTS) is 1. The molecule has 35 heavy (non-hydrogen) atoms. The number of rotatable bonds is 8. The molecule has 3 fully saturated rings. The lowest BCUT2D eigenvalue weighted by Crippen LogP contribution is -2.31. The monoisotopic (exact) mass is 474 g/mol. The van der Waals surface area contributed by atoms with Crippen molar-refractivity contribution >= 4 is 23.0 Å². The van der Waals surface area contributed by atoms with Crippen LogP contribution in [0.2, 0.25) is 0 Å². The van der Waals surface area contributed by atoms with Gasteiger partial charge in [-0.25, -0.2) is 19.7 Å². The van der Waals surface area contributed by atoms with Gasteiger partial charge in [-0.1, -0.05) is 25.7 Å². The maximum atomic E-state index is 11.9. The number of anilines is 1. The van der Waals surface area contributed by atoms with Gasteiger partial charge < -0.3 is 15.0 Å². The number of carboxylic acids is 1. The summed E-state index contributed by atoms with van der Waals surface area (Å²) in [6, 6.07) is 4.47. The van der Waals surface area contributed by atoms with Gasteiger partial charge in [-0.3, -0.25) is 4.98 Å². The molecule has 0 saturated heterocycles. The summed E-state index contributed by atoms with van der Waals surface area (Å²) < 4.78 is 2.23. The number of carbonyl (C=O) groups is 1. The highest BCUT2D eigenvalue weighted by molar-refractivity contribution is 5.92. The summed E-state index contributed by atoms with van der Waals surface area (Å²) in [5, 5.41) is 13.3. The molecular weight excluding hydrogens is 440 g/mol. The second kappa shape index (κ2) is 9.21. The van der Waals surface area contributed by atoms with Gasteiger partial charge in [0.15, 0.2) is 17.3 Å². The molecule has 3 aliphatic rings. The summed E-state index contributed by atoms with van der Waals surface area (Å²) in [5.74, 6) is 1.76. The molecule has 0 radical (unpaired) electrons. The summed E-state index contributed by atoms with van der Waals surface area (Å²) in [4.78, 5) is 30.4. The first-order chi connectivity index (χ1) is 17.1. The summed E-state index contributed by atoms with van der Waals surface area (Å²) >= 11 is 0. The third-order valence-corrected chi connectivity index (χ3v) is 8.24. The molecule has 6 rings (SSSR count). The van der Waals surface area contributed by atoms with Crippen molar-refractivity contribution < 1.29 is 9.90 Å². The lowest BCUT2D eigenvalue weighted by molar-refractivity contribution is 0.0684. The maximum Gasteiger partial charge on any atom is 0.374 e. The topological polar surface area (TPSA) is 106 Å². The number of aromatic carboxylic acids is 1. The van der Waals surface area contributed by atoms with Gasteiger partial charge in [-0.2, -0.15) is 0 Å². The van der Waals surface area contributed by atoms with Gasteiger partial charge in [0.25, 0.3) is 0 Å². The van der Waals surface area contributed by atoms with Crippen LogP contribution in [-0.4, -0.2) is 41.6 Å². The summed E-state index contributed by atoms with van der Waals surface area (Å²) in [5.41, 5.74) is 3.38.